The first kappa shape index (κ1) is 19.4. The van der Waals surface area contributed by atoms with Crippen molar-refractivity contribution in [1.29, 1.82) is 0 Å². The fraction of sp³-hybridized carbons (Fsp3) is 0. The van der Waals surface area contributed by atoms with E-state index in [1.54, 1.807) is 0 Å². The third-order valence-corrected chi connectivity index (χ3v) is 9.25. The minimum atomic E-state index is -0.352. The molecule has 218 valence electrons. The van der Waals surface area contributed by atoms with Gasteiger partial charge in [0, 0.05) is 16.2 Å². The molecule has 9 aromatic carbocycles. The average Bonchev–Trinajstić information content (AvgIpc) is 3.60. The van der Waals surface area contributed by atoms with Gasteiger partial charge in [-0.1, -0.05) is 152 Å². The normalized spacial score (nSPS) is 14.2. The van der Waals surface area contributed by atoms with E-state index >= 15 is 0 Å². The molecule has 0 amide bonds. The van der Waals surface area contributed by atoms with Gasteiger partial charge in [-0.3, -0.25) is 0 Å². The van der Waals surface area contributed by atoms with Crippen molar-refractivity contribution in [2.24, 2.45) is 0 Å². The van der Waals surface area contributed by atoms with Crippen LogP contribution in [0.15, 0.2) is 174 Å². The Bertz CT molecular complexity index is 3240. The lowest BCUT2D eigenvalue weighted by Crippen LogP contribution is -1.91. The highest BCUT2D eigenvalue weighted by molar-refractivity contribution is 6.22. The van der Waals surface area contributed by atoms with Crippen molar-refractivity contribution in [3.63, 3.8) is 0 Å². The van der Waals surface area contributed by atoms with Crippen LogP contribution in [0.4, 0.5) is 0 Å². The minimum Gasteiger partial charge on any atom is -0.455 e. The first-order chi connectivity index (χ1) is 26.6. The Balaban J connectivity index is 1.22. The molecule has 0 fully saturated rings. The molecule has 0 bridgehead atoms. The van der Waals surface area contributed by atoms with Gasteiger partial charge in [-0.05, 0) is 89.2 Å². The van der Waals surface area contributed by atoms with Crippen LogP contribution in [0.25, 0.3) is 98.4 Å². The highest BCUT2D eigenvalue weighted by atomic mass is 16.3. The van der Waals surface area contributed by atoms with Crippen molar-refractivity contribution < 1.29 is 15.4 Å². The molecule has 1 aromatic heterocycles. The molecule has 0 unspecified atom stereocenters. The van der Waals surface area contributed by atoms with Crippen LogP contribution in [0.5, 0.6) is 0 Å². The van der Waals surface area contributed by atoms with Gasteiger partial charge in [0.1, 0.15) is 11.2 Å². The summed E-state index contributed by atoms with van der Waals surface area (Å²) in [5.41, 5.74) is 5.13. The van der Waals surface area contributed by atoms with Gasteiger partial charge in [-0.25, -0.2) is 0 Å². The van der Waals surface area contributed by atoms with E-state index in [1.165, 1.54) is 16.8 Å². The van der Waals surface area contributed by atoms with Crippen LogP contribution in [0, 0.1) is 0 Å². The second kappa shape index (κ2) is 10.2. The average molecular weight is 605 g/mol. The molecule has 10 aromatic rings. The lowest BCUT2D eigenvalue weighted by Gasteiger charge is -2.18. The Morgan fingerprint density at radius 1 is 0.404 bits per heavy atom. The fourth-order valence-corrected chi connectivity index (χ4v) is 7.14. The molecule has 0 aliphatic rings. The summed E-state index contributed by atoms with van der Waals surface area (Å²) in [5.74, 6) is 0. The van der Waals surface area contributed by atoms with Crippen LogP contribution in [-0.4, -0.2) is 0 Å². The second-order valence-corrected chi connectivity index (χ2v) is 11.8. The predicted molar refractivity (Wildman–Crippen MR) is 200 cm³/mol. The van der Waals surface area contributed by atoms with Crippen molar-refractivity contribution in [2.75, 3.05) is 0 Å². The summed E-state index contributed by atoms with van der Waals surface area (Å²) in [7, 11) is 0. The highest BCUT2D eigenvalue weighted by Crippen LogP contribution is 2.45. The third-order valence-electron chi connectivity index (χ3n) is 9.25. The summed E-state index contributed by atoms with van der Waals surface area (Å²) >= 11 is 0. The van der Waals surface area contributed by atoms with Gasteiger partial charge in [-0.15, -0.1) is 0 Å². The van der Waals surface area contributed by atoms with E-state index < -0.39 is 0 Å². The Kier molecular flexibility index (Phi) is 4.19. The SMILES string of the molecule is [2H]c1cc2c([2H])c([2H])c3c(oc4c([2H])c([2H])c([2H])c(-c5ccc(-c6c7ccccc7c(-c7ccc8ccccc8c7)c7ccccc67)cc5)c43)c2c([2H])c1[2H]. The van der Waals surface area contributed by atoms with Crippen LogP contribution < -0.4 is 0 Å². The lowest BCUT2D eigenvalue weighted by molar-refractivity contribution is 0.673. The fourth-order valence-electron chi connectivity index (χ4n) is 7.14. The molecule has 10 rings (SSSR count). The molecule has 1 heterocycles. The number of hydrogen-bond donors (Lipinski definition) is 0. The van der Waals surface area contributed by atoms with Crippen LogP contribution >= 0.6 is 0 Å². The van der Waals surface area contributed by atoms with E-state index in [0.717, 1.165) is 43.8 Å². The Hall–Kier alpha value is -6.18. The molecular formula is C46H28O. The number of furan rings is 1. The van der Waals surface area contributed by atoms with Crippen molar-refractivity contribution >= 4 is 65.0 Å². The molecule has 0 atom stereocenters. The van der Waals surface area contributed by atoms with Gasteiger partial charge >= 0.3 is 0 Å². The summed E-state index contributed by atoms with van der Waals surface area (Å²) < 4.78 is 75.9. The maximum Gasteiger partial charge on any atom is 0.143 e. The maximum absolute atomic E-state index is 9.10. The molecule has 0 aliphatic carbocycles. The first-order valence-corrected chi connectivity index (χ1v) is 15.5. The zero-order valence-corrected chi connectivity index (χ0v) is 25.0. The van der Waals surface area contributed by atoms with Crippen molar-refractivity contribution in [3.8, 4) is 33.4 Å². The van der Waals surface area contributed by atoms with Crippen molar-refractivity contribution in [3.05, 3.63) is 170 Å². The zero-order valence-electron chi connectivity index (χ0n) is 33.0. The van der Waals surface area contributed by atoms with Crippen LogP contribution in [0.2, 0.25) is 0 Å². The molecule has 1 nitrogen and oxygen atoms in total. The number of benzene rings is 9. The van der Waals surface area contributed by atoms with Gasteiger partial charge < -0.3 is 4.42 Å². The van der Waals surface area contributed by atoms with Crippen LogP contribution in [0.3, 0.4) is 0 Å². The molecule has 0 N–H and O–H groups in total. The summed E-state index contributed by atoms with van der Waals surface area (Å²) in [6, 6.07) is 38.5. The molecule has 47 heavy (non-hydrogen) atoms. The van der Waals surface area contributed by atoms with E-state index in [4.69, 9.17) is 15.4 Å². The smallest absolute Gasteiger partial charge is 0.143 e. The molecule has 1 heteroatoms. The Morgan fingerprint density at radius 2 is 1.04 bits per heavy atom. The monoisotopic (exact) mass is 604 g/mol. The quantitative estimate of drug-likeness (QED) is 0.183. The van der Waals surface area contributed by atoms with Crippen molar-refractivity contribution in [1.82, 2.24) is 0 Å². The third kappa shape index (κ3) is 3.97. The minimum absolute atomic E-state index is 0.0300. The van der Waals surface area contributed by atoms with Gasteiger partial charge in [-0.2, -0.15) is 0 Å². The van der Waals surface area contributed by atoms with E-state index in [0.29, 0.717) is 5.56 Å². The second-order valence-electron chi connectivity index (χ2n) is 11.8. The standard InChI is InChI=1S/C46H28O/c1-2-12-33-28-34(25-20-29(33)10-1)44-39-16-7-5-14-37(39)43(38-15-6-8-17-40(38)44)32-23-21-31(22-24-32)35-18-9-19-42-45(35)41-27-26-30-11-3-4-13-36(30)46(41)47-42/h1-28H/i3D,4D,9D,13D,18D,19D,26D,27D. The molecular weight excluding hydrogens is 569 g/mol. The van der Waals surface area contributed by atoms with Gasteiger partial charge in [0.05, 0.1) is 11.0 Å². The van der Waals surface area contributed by atoms with Gasteiger partial charge in [0.15, 0.2) is 0 Å². The maximum atomic E-state index is 9.10. The van der Waals surface area contributed by atoms with Crippen LogP contribution in [0.1, 0.15) is 11.0 Å². The van der Waals surface area contributed by atoms with Gasteiger partial charge in [0.2, 0.25) is 0 Å². The van der Waals surface area contributed by atoms with E-state index in [9.17, 15) is 0 Å². The largest absolute Gasteiger partial charge is 0.455 e. The molecule has 0 radical (unpaired) electrons. The number of fused-ring (bicyclic) bond motifs is 8. The summed E-state index contributed by atoms with van der Waals surface area (Å²) in [6.45, 7) is 0. The van der Waals surface area contributed by atoms with Crippen LogP contribution in [-0.2, 0) is 0 Å². The lowest BCUT2D eigenvalue weighted by atomic mass is 9.85. The molecule has 0 saturated heterocycles. The van der Waals surface area contributed by atoms with E-state index in [2.05, 4.69) is 72.8 Å². The summed E-state index contributed by atoms with van der Waals surface area (Å²) in [6.07, 6.45) is 0. The van der Waals surface area contributed by atoms with E-state index in [1.807, 2.05) is 42.5 Å². The Labute approximate surface area is 283 Å². The first-order valence-electron chi connectivity index (χ1n) is 19.5. The number of rotatable bonds is 3. The molecule has 0 aliphatic heterocycles. The number of hydrogen-bond acceptors (Lipinski definition) is 1. The van der Waals surface area contributed by atoms with Gasteiger partial charge in [0.25, 0.3) is 0 Å². The highest BCUT2D eigenvalue weighted by Gasteiger charge is 2.18. The predicted octanol–water partition coefficient (Wildman–Crippen LogP) is 13.2. The summed E-state index contributed by atoms with van der Waals surface area (Å²) in [4.78, 5) is 0. The zero-order chi connectivity index (χ0) is 37.9. The van der Waals surface area contributed by atoms with Crippen molar-refractivity contribution in [2.45, 2.75) is 0 Å². The molecule has 0 spiro atoms. The summed E-state index contributed by atoms with van der Waals surface area (Å²) in [5, 5.41) is 7.35. The Morgan fingerprint density at radius 3 is 1.79 bits per heavy atom. The molecule has 0 saturated carbocycles. The topological polar surface area (TPSA) is 13.1 Å². The van der Waals surface area contributed by atoms with E-state index in [-0.39, 0.29) is 86.6 Å².